The van der Waals surface area contributed by atoms with E-state index >= 15 is 0 Å². The lowest BCUT2D eigenvalue weighted by atomic mass is 10.0. The maximum absolute atomic E-state index is 5.68. The molecule has 0 bridgehead atoms. The summed E-state index contributed by atoms with van der Waals surface area (Å²) >= 11 is 0. The third-order valence-electron chi connectivity index (χ3n) is 1.79. The highest BCUT2D eigenvalue weighted by Crippen LogP contribution is 2.11. The van der Waals surface area contributed by atoms with Crippen LogP contribution in [0.4, 0.5) is 0 Å². The van der Waals surface area contributed by atoms with Crippen molar-refractivity contribution < 1.29 is 0 Å². The number of hydrogen-bond acceptors (Lipinski definition) is 2. The first-order chi connectivity index (χ1) is 5.33. The molecule has 0 saturated carbocycles. The van der Waals surface area contributed by atoms with E-state index in [1.807, 2.05) is 6.08 Å². The van der Waals surface area contributed by atoms with Crippen LogP contribution in [0.2, 0.25) is 0 Å². The molecule has 0 aromatic rings. The molecule has 0 saturated heterocycles. The van der Waals surface area contributed by atoms with E-state index in [-0.39, 0.29) is 0 Å². The minimum atomic E-state index is 0.944. The summed E-state index contributed by atoms with van der Waals surface area (Å²) in [6, 6.07) is 0. The first kappa shape index (κ1) is 8.31. The normalized spacial score (nSPS) is 21.9. The Hall–Kier alpha value is -0.790. The third kappa shape index (κ3) is 2.74. The van der Waals surface area contributed by atoms with Gasteiger partial charge in [0, 0.05) is 18.0 Å². The van der Waals surface area contributed by atoms with Gasteiger partial charge in [0.2, 0.25) is 0 Å². The Morgan fingerprint density at radius 1 is 1.55 bits per heavy atom. The Balaban J connectivity index is 2.51. The zero-order chi connectivity index (χ0) is 8.10. The number of nitrogens with zero attached hydrogens (tertiary/aromatic N) is 1. The van der Waals surface area contributed by atoms with Crippen LogP contribution in [0, 0.1) is 0 Å². The minimum absolute atomic E-state index is 0.944. The van der Waals surface area contributed by atoms with Gasteiger partial charge in [0.25, 0.3) is 0 Å². The van der Waals surface area contributed by atoms with Gasteiger partial charge in [-0.1, -0.05) is 6.92 Å². The number of allylic oxidation sites excluding steroid dienone is 2. The van der Waals surface area contributed by atoms with Crippen LogP contribution in [0.1, 0.15) is 32.6 Å². The maximum Gasteiger partial charge on any atom is 0.0389 e. The number of rotatable bonds is 2. The molecule has 1 rings (SSSR count). The highest BCUT2D eigenvalue weighted by atomic mass is 14.7. The average Bonchev–Trinajstić information content (AvgIpc) is 2.01. The molecule has 0 aromatic carbocycles. The Morgan fingerprint density at radius 3 is 3.00 bits per heavy atom. The van der Waals surface area contributed by atoms with Crippen molar-refractivity contribution in [2.45, 2.75) is 32.6 Å². The second-order valence-electron chi connectivity index (χ2n) is 2.95. The quantitative estimate of drug-likeness (QED) is 0.644. The molecule has 62 valence electrons. The number of nitrogens with two attached hydrogens (primary N) is 1. The van der Waals surface area contributed by atoms with Gasteiger partial charge < -0.3 is 5.73 Å². The Labute approximate surface area is 68.2 Å². The number of hydrogen-bond donors (Lipinski definition) is 1. The molecule has 0 aliphatic heterocycles. The molecule has 11 heavy (non-hydrogen) atoms. The average molecular weight is 152 g/mol. The van der Waals surface area contributed by atoms with E-state index in [1.54, 1.807) is 0 Å². The zero-order valence-electron chi connectivity index (χ0n) is 7.14. The molecule has 0 radical (unpaired) electrons. The summed E-state index contributed by atoms with van der Waals surface area (Å²) in [5.74, 6) is 0. The van der Waals surface area contributed by atoms with Crippen LogP contribution in [0.5, 0.6) is 0 Å². The van der Waals surface area contributed by atoms with Gasteiger partial charge in [-0.25, -0.2) is 0 Å². The highest BCUT2D eigenvalue weighted by molar-refractivity contribution is 5.96. The van der Waals surface area contributed by atoms with Crippen LogP contribution in [0.25, 0.3) is 0 Å². The van der Waals surface area contributed by atoms with E-state index in [0.29, 0.717) is 0 Å². The predicted octanol–water partition coefficient (Wildman–Crippen LogP) is 1.86. The number of aliphatic imine (C=N–C) groups is 1. The standard InChI is InChI=1S/C9H16N2/c1-2-6-11-9-5-3-4-8(10)7-9/h7H,2-6,10H2,1H3. The lowest BCUT2D eigenvalue weighted by Gasteiger charge is -2.09. The molecule has 0 heterocycles. The summed E-state index contributed by atoms with van der Waals surface area (Å²) in [6.07, 6.45) is 6.48. The largest absolute Gasteiger partial charge is 0.402 e. The van der Waals surface area contributed by atoms with E-state index in [1.165, 1.54) is 12.1 Å². The lowest BCUT2D eigenvalue weighted by molar-refractivity contribution is 0.816. The second kappa shape index (κ2) is 4.16. The molecule has 2 N–H and O–H groups in total. The van der Waals surface area contributed by atoms with Gasteiger partial charge in [0.1, 0.15) is 0 Å². The van der Waals surface area contributed by atoms with Crippen molar-refractivity contribution in [3.63, 3.8) is 0 Å². The Morgan fingerprint density at radius 2 is 2.36 bits per heavy atom. The van der Waals surface area contributed by atoms with Crippen LogP contribution in [0.15, 0.2) is 16.8 Å². The van der Waals surface area contributed by atoms with E-state index in [4.69, 9.17) is 5.73 Å². The minimum Gasteiger partial charge on any atom is -0.402 e. The van der Waals surface area contributed by atoms with Crippen molar-refractivity contribution in [3.05, 3.63) is 11.8 Å². The molecular formula is C9H16N2. The van der Waals surface area contributed by atoms with E-state index in [9.17, 15) is 0 Å². The van der Waals surface area contributed by atoms with Crippen LogP contribution < -0.4 is 5.73 Å². The van der Waals surface area contributed by atoms with E-state index in [0.717, 1.165) is 31.5 Å². The van der Waals surface area contributed by atoms with Crippen LogP contribution in [0.3, 0.4) is 0 Å². The van der Waals surface area contributed by atoms with Crippen molar-refractivity contribution in [3.8, 4) is 0 Å². The van der Waals surface area contributed by atoms with Crippen molar-refractivity contribution in [1.29, 1.82) is 0 Å². The molecule has 1 aliphatic carbocycles. The summed E-state index contributed by atoms with van der Waals surface area (Å²) in [5, 5.41) is 0. The zero-order valence-corrected chi connectivity index (χ0v) is 7.14. The van der Waals surface area contributed by atoms with Crippen LogP contribution >= 0.6 is 0 Å². The van der Waals surface area contributed by atoms with Gasteiger partial charge in [-0.3, -0.25) is 4.99 Å². The van der Waals surface area contributed by atoms with Crippen LogP contribution in [-0.2, 0) is 0 Å². The Bertz CT molecular complexity index is 180. The highest BCUT2D eigenvalue weighted by Gasteiger charge is 2.04. The first-order valence-corrected chi connectivity index (χ1v) is 4.32. The van der Waals surface area contributed by atoms with Crippen molar-refractivity contribution >= 4 is 5.71 Å². The SMILES string of the molecule is CCCN=C1C=C(N)CCC1. The molecule has 0 fully saturated rings. The molecule has 0 amide bonds. The molecule has 1 aliphatic rings. The molecule has 0 unspecified atom stereocenters. The van der Waals surface area contributed by atoms with Crippen molar-refractivity contribution in [2.75, 3.05) is 6.54 Å². The van der Waals surface area contributed by atoms with Crippen LogP contribution in [-0.4, -0.2) is 12.3 Å². The first-order valence-electron chi connectivity index (χ1n) is 4.32. The summed E-state index contributed by atoms with van der Waals surface area (Å²) in [4.78, 5) is 4.41. The van der Waals surface area contributed by atoms with Gasteiger partial charge in [0.15, 0.2) is 0 Å². The fourth-order valence-corrected chi connectivity index (χ4v) is 1.21. The molecule has 2 heteroatoms. The fraction of sp³-hybridized carbons (Fsp3) is 0.667. The van der Waals surface area contributed by atoms with Gasteiger partial charge in [-0.15, -0.1) is 0 Å². The van der Waals surface area contributed by atoms with Crippen molar-refractivity contribution in [1.82, 2.24) is 0 Å². The molecule has 0 aromatic heterocycles. The lowest BCUT2D eigenvalue weighted by Crippen LogP contribution is -2.09. The summed E-state index contributed by atoms with van der Waals surface area (Å²) < 4.78 is 0. The topological polar surface area (TPSA) is 38.4 Å². The van der Waals surface area contributed by atoms with Gasteiger partial charge in [-0.05, 0) is 31.8 Å². The van der Waals surface area contributed by atoms with Crippen molar-refractivity contribution in [2.24, 2.45) is 10.7 Å². The Kier molecular flexibility index (Phi) is 3.14. The molecular weight excluding hydrogens is 136 g/mol. The predicted molar refractivity (Wildman–Crippen MR) is 48.7 cm³/mol. The van der Waals surface area contributed by atoms with Gasteiger partial charge in [0.05, 0.1) is 0 Å². The summed E-state index contributed by atoms with van der Waals surface area (Å²) in [7, 11) is 0. The van der Waals surface area contributed by atoms with Gasteiger partial charge in [-0.2, -0.15) is 0 Å². The van der Waals surface area contributed by atoms with E-state index < -0.39 is 0 Å². The maximum atomic E-state index is 5.68. The summed E-state index contributed by atoms with van der Waals surface area (Å²) in [6.45, 7) is 3.08. The fourth-order valence-electron chi connectivity index (χ4n) is 1.21. The molecule has 2 nitrogen and oxygen atoms in total. The smallest absolute Gasteiger partial charge is 0.0389 e. The molecule has 0 spiro atoms. The molecule has 0 atom stereocenters. The van der Waals surface area contributed by atoms with Gasteiger partial charge >= 0.3 is 0 Å². The van der Waals surface area contributed by atoms with E-state index in [2.05, 4.69) is 11.9 Å². The monoisotopic (exact) mass is 152 g/mol. The third-order valence-corrected chi connectivity index (χ3v) is 1.79. The second-order valence-corrected chi connectivity index (χ2v) is 2.95. The summed E-state index contributed by atoms with van der Waals surface area (Å²) in [5.41, 5.74) is 7.86.